The van der Waals surface area contributed by atoms with E-state index in [2.05, 4.69) is 29.5 Å². The smallest absolute Gasteiger partial charge is 0.0898 e. The van der Waals surface area contributed by atoms with E-state index in [9.17, 15) is 0 Å². The lowest BCUT2D eigenvalue weighted by molar-refractivity contribution is 0.271. The number of hydrogen-bond acceptors (Lipinski definition) is 3. The third-order valence-electron chi connectivity index (χ3n) is 3.50. The van der Waals surface area contributed by atoms with Gasteiger partial charge < -0.3 is 5.32 Å². The molecule has 1 heterocycles. The molecule has 1 aromatic rings. The van der Waals surface area contributed by atoms with Gasteiger partial charge in [-0.25, -0.2) is 4.98 Å². The summed E-state index contributed by atoms with van der Waals surface area (Å²) in [5.74, 6) is 0.801. The summed E-state index contributed by atoms with van der Waals surface area (Å²) in [5, 5.41) is 7.05. The molecule has 0 spiro atoms. The van der Waals surface area contributed by atoms with Crippen molar-refractivity contribution in [3.05, 3.63) is 16.1 Å². The lowest BCUT2D eigenvalue weighted by Gasteiger charge is -2.29. The fraction of sp³-hybridized carbons (Fsp3) is 0.769. The van der Waals surface area contributed by atoms with E-state index in [1.165, 1.54) is 42.8 Å². The Bertz CT molecular complexity index is 315. The molecule has 0 bridgehead atoms. The Morgan fingerprint density at radius 2 is 2.19 bits per heavy atom. The monoisotopic (exact) mass is 238 g/mol. The van der Waals surface area contributed by atoms with Crippen molar-refractivity contribution < 1.29 is 0 Å². The molecule has 2 nitrogen and oxygen atoms in total. The molecule has 3 heteroatoms. The highest BCUT2D eigenvalue weighted by molar-refractivity contribution is 7.09. The SMILES string of the molecule is CCNC(c1csc(C)n1)C1CCCCC1. The molecule has 1 aliphatic rings. The van der Waals surface area contributed by atoms with Gasteiger partial charge in [-0.15, -0.1) is 11.3 Å². The second kappa shape index (κ2) is 5.78. The summed E-state index contributed by atoms with van der Waals surface area (Å²) in [7, 11) is 0. The largest absolute Gasteiger partial charge is 0.309 e. The first-order valence-corrected chi connectivity index (χ1v) is 7.34. The van der Waals surface area contributed by atoms with Gasteiger partial charge in [0, 0.05) is 5.38 Å². The average Bonchev–Trinajstić information content (AvgIpc) is 2.74. The van der Waals surface area contributed by atoms with Crippen LogP contribution in [0.2, 0.25) is 0 Å². The topological polar surface area (TPSA) is 24.9 Å². The van der Waals surface area contributed by atoms with Crippen LogP contribution in [0.5, 0.6) is 0 Å². The molecule has 1 saturated carbocycles. The van der Waals surface area contributed by atoms with Crippen LogP contribution < -0.4 is 5.32 Å². The predicted octanol–water partition coefficient (Wildman–Crippen LogP) is 3.68. The molecule has 1 atom stereocenters. The maximum absolute atomic E-state index is 4.66. The first-order valence-electron chi connectivity index (χ1n) is 6.46. The minimum Gasteiger partial charge on any atom is -0.309 e. The highest BCUT2D eigenvalue weighted by Crippen LogP contribution is 2.34. The van der Waals surface area contributed by atoms with Gasteiger partial charge in [-0.05, 0) is 32.2 Å². The molecule has 90 valence electrons. The van der Waals surface area contributed by atoms with Crippen molar-refractivity contribution in [1.82, 2.24) is 10.3 Å². The zero-order valence-corrected chi connectivity index (χ0v) is 11.1. The lowest BCUT2D eigenvalue weighted by atomic mass is 9.83. The summed E-state index contributed by atoms with van der Waals surface area (Å²) >= 11 is 1.77. The Kier molecular flexibility index (Phi) is 4.36. The summed E-state index contributed by atoms with van der Waals surface area (Å²) < 4.78 is 0. The molecule has 0 aliphatic heterocycles. The third-order valence-corrected chi connectivity index (χ3v) is 4.29. The molecule has 1 N–H and O–H groups in total. The number of hydrogen-bond donors (Lipinski definition) is 1. The predicted molar refractivity (Wildman–Crippen MR) is 69.8 cm³/mol. The van der Waals surface area contributed by atoms with E-state index >= 15 is 0 Å². The molecule has 1 unspecified atom stereocenters. The molecule has 0 saturated heterocycles. The summed E-state index contributed by atoms with van der Waals surface area (Å²) in [4.78, 5) is 4.66. The second-order valence-corrected chi connectivity index (χ2v) is 5.79. The van der Waals surface area contributed by atoms with Crippen molar-refractivity contribution in [3.8, 4) is 0 Å². The van der Waals surface area contributed by atoms with Crippen LogP contribution in [-0.4, -0.2) is 11.5 Å². The molecular formula is C13H22N2S. The standard InChI is InChI=1S/C13H22N2S/c1-3-14-13(11-7-5-4-6-8-11)12-9-16-10(2)15-12/h9,11,13-14H,3-8H2,1-2H3. The van der Waals surface area contributed by atoms with Crippen LogP contribution in [0.3, 0.4) is 0 Å². The van der Waals surface area contributed by atoms with Gasteiger partial charge in [0.05, 0.1) is 16.7 Å². The molecule has 1 aliphatic carbocycles. The molecule has 1 aromatic heterocycles. The first-order chi connectivity index (χ1) is 7.81. The van der Waals surface area contributed by atoms with Gasteiger partial charge in [-0.1, -0.05) is 26.2 Å². The maximum atomic E-state index is 4.66. The number of nitrogens with zero attached hydrogens (tertiary/aromatic N) is 1. The Hall–Kier alpha value is -0.410. The number of aromatic nitrogens is 1. The van der Waals surface area contributed by atoms with Crippen LogP contribution in [0.4, 0.5) is 0 Å². The number of aryl methyl sites for hydroxylation is 1. The summed E-state index contributed by atoms with van der Waals surface area (Å²) in [5.41, 5.74) is 1.27. The maximum Gasteiger partial charge on any atom is 0.0898 e. The summed E-state index contributed by atoms with van der Waals surface area (Å²) in [6, 6.07) is 0.496. The van der Waals surface area contributed by atoms with Crippen LogP contribution in [0.25, 0.3) is 0 Å². The van der Waals surface area contributed by atoms with Crippen LogP contribution in [-0.2, 0) is 0 Å². The van der Waals surface area contributed by atoms with Crippen molar-refractivity contribution >= 4 is 11.3 Å². The van der Waals surface area contributed by atoms with E-state index in [0.29, 0.717) is 6.04 Å². The van der Waals surface area contributed by atoms with E-state index in [4.69, 9.17) is 0 Å². The number of rotatable bonds is 4. The Morgan fingerprint density at radius 3 is 2.75 bits per heavy atom. The van der Waals surface area contributed by atoms with E-state index in [1.54, 1.807) is 11.3 Å². The minimum absolute atomic E-state index is 0.496. The molecule has 0 aromatic carbocycles. The van der Waals surface area contributed by atoms with Gasteiger partial charge in [-0.2, -0.15) is 0 Å². The summed E-state index contributed by atoms with van der Waals surface area (Å²) in [6.45, 7) is 5.32. The van der Waals surface area contributed by atoms with Gasteiger partial charge in [0.15, 0.2) is 0 Å². The van der Waals surface area contributed by atoms with E-state index in [1.807, 2.05) is 0 Å². The van der Waals surface area contributed by atoms with Gasteiger partial charge in [0.1, 0.15) is 0 Å². The van der Waals surface area contributed by atoms with Gasteiger partial charge in [0.25, 0.3) is 0 Å². The highest BCUT2D eigenvalue weighted by Gasteiger charge is 2.25. The molecule has 2 rings (SSSR count). The van der Waals surface area contributed by atoms with Crippen LogP contribution in [0.1, 0.15) is 55.8 Å². The Labute approximate surface area is 102 Å². The van der Waals surface area contributed by atoms with Crippen molar-refractivity contribution in [3.63, 3.8) is 0 Å². The van der Waals surface area contributed by atoms with E-state index < -0.39 is 0 Å². The van der Waals surface area contributed by atoms with E-state index in [0.717, 1.165) is 12.5 Å². The Balaban J connectivity index is 2.09. The molecule has 0 amide bonds. The van der Waals surface area contributed by atoms with Crippen LogP contribution in [0, 0.1) is 12.8 Å². The molecule has 16 heavy (non-hydrogen) atoms. The molecule has 0 radical (unpaired) electrons. The van der Waals surface area contributed by atoms with Gasteiger partial charge in [0.2, 0.25) is 0 Å². The average molecular weight is 238 g/mol. The van der Waals surface area contributed by atoms with Crippen molar-refractivity contribution in [2.24, 2.45) is 5.92 Å². The third kappa shape index (κ3) is 2.83. The molecule has 1 fully saturated rings. The van der Waals surface area contributed by atoms with Crippen LogP contribution in [0.15, 0.2) is 5.38 Å². The van der Waals surface area contributed by atoms with Gasteiger partial charge in [-0.3, -0.25) is 0 Å². The highest BCUT2D eigenvalue weighted by atomic mass is 32.1. The van der Waals surface area contributed by atoms with E-state index in [-0.39, 0.29) is 0 Å². The fourth-order valence-corrected chi connectivity index (χ4v) is 3.37. The fourth-order valence-electron chi connectivity index (χ4n) is 2.72. The summed E-state index contributed by atoms with van der Waals surface area (Å²) in [6.07, 6.45) is 6.96. The van der Waals surface area contributed by atoms with Crippen molar-refractivity contribution in [2.75, 3.05) is 6.54 Å². The lowest BCUT2D eigenvalue weighted by Crippen LogP contribution is -2.29. The minimum atomic E-state index is 0.496. The van der Waals surface area contributed by atoms with Crippen LogP contribution >= 0.6 is 11.3 Å². The Morgan fingerprint density at radius 1 is 1.44 bits per heavy atom. The van der Waals surface area contributed by atoms with Crippen molar-refractivity contribution in [1.29, 1.82) is 0 Å². The number of nitrogens with one attached hydrogen (secondary N) is 1. The zero-order valence-electron chi connectivity index (χ0n) is 10.3. The van der Waals surface area contributed by atoms with Crippen molar-refractivity contribution in [2.45, 2.75) is 52.0 Å². The quantitative estimate of drug-likeness (QED) is 0.865. The normalized spacial score (nSPS) is 19.9. The molecular weight excluding hydrogens is 216 g/mol. The zero-order chi connectivity index (χ0) is 11.4. The second-order valence-electron chi connectivity index (χ2n) is 4.72. The number of thiazole rings is 1. The van der Waals surface area contributed by atoms with Gasteiger partial charge >= 0.3 is 0 Å². The first kappa shape index (κ1) is 12.1.